The Bertz CT molecular complexity index is 525. The number of thioether (sulfide) groups is 2. The van der Waals surface area contributed by atoms with Gasteiger partial charge in [0, 0.05) is 5.25 Å². The van der Waals surface area contributed by atoms with Crippen molar-refractivity contribution in [2.45, 2.75) is 36.2 Å². The van der Waals surface area contributed by atoms with Gasteiger partial charge in [-0.1, -0.05) is 67.6 Å². The zero-order valence-electron chi connectivity index (χ0n) is 13.2. The fourth-order valence-corrected chi connectivity index (χ4v) is 6.65. The van der Waals surface area contributed by atoms with Crippen molar-refractivity contribution in [2.24, 2.45) is 0 Å². The van der Waals surface area contributed by atoms with Gasteiger partial charge in [-0.2, -0.15) is 11.8 Å². The second-order valence-corrected chi connectivity index (χ2v) is 8.47. The van der Waals surface area contributed by atoms with Crippen molar-refractivity contribution in [3.05, 3.63) is 71.8 Å². The summed E-state index contributed by atoms with van der Waals surface area (Å²) >= 11 is 4.33. The van der Waals surface area contributed by atoms with Crippen LogP contribution >= 0.6 is 23.5 Å². The molecule has 0 aromatic heterocycles. The molecule has 1 fully saturated rings. The van der Waals surface area contributed by atoms with Gasteiger partial charge in [-0.25, -0.2) is 0 Å². The minimum absolute atomic E-state index is 0.112. The number of hydrogen-bond donors (Lipinski definition) is 0. The zero-order chi connectivity index (χ0) is 15.3. The molecule has 116 valence electrons. The maximum atomic E-state index is 2.32. The third-order valence-electron chi connectivity index (χ3n) is 4.32. The van der Waals surface area contributed by atoms with Crippen LogP contribution in [0.4, 0.5) is 0 Å². The van der Waals surface area contributed by atoms with E-state index < -0.39 is 0 Å². The maximum absolute atomic E-state index is 2.32. The van der Waals surface area contributed by atoms with E-state index in [0.717, 1.165) is 0 Å². The lowest BCUT2D eigenvalue weighted by Gasteiger charge is -2.44. The molecule has 1 unspecified atom stereocenters. The summed E-state index contributed by atoms with van der Waals surface area (Å²) in [6.45, 7) is 2.29. The summed E-state index contributed by atoms with van der Waals surface area (Å²) in [5.41, 5.74) is 2.94. The van der Waals surface area contributed by atoms with Gasteiger partial charge in [-0.3, -0.25) is 0 Å². The molecule has 0 radical (unpaired) electrons. The second-order valence-electron chi connectivity index (χ2n) is 5.82. The van der Waals surface area contributed by atoms with Gasteiger partial charge < -0.3 is 0 Å². The first kappa shape index (κ1) is 16.0. The Balaban J connectivity index is 2.09. The highest BCUT2D eigenvalue weighted by Gasteiger charge is 2.44. The quantitative estimate of drug-likeness (QED) is 0.663. The van der Waals surface area contributed by atoms with Crippen molar-refractivity contribution >= 4 is 23.5 Å². The van der Waals surface area contributed by atoms with Crippen LogP contribution in [0.2, 0.25) is 0 Å². The van der Waals surface area contributed by atoms with E-state index in [2.05, 4.69) is 91.1 Å². The summed E-state index contributed by atoms with van der Waals surface area (Å²) in [4.78, 5) is 0. The molecule has 0 aliphatic carbocycles. The van der Waals surface area contributed by atoms with Crippen LogP contribution in [0.3, 0.4) is 0 Å². The molecule has 1 saturated heterocycles. The minimum Gasteiger partial charge on any atom is -0.156 e. The van der Waals surface area contributed by atoms with Gasteiger partial charge in [0.05, 0.1) is 4.75 Å². The highest BCUT2D eigenvalue weighted by Crippen LogP contribution is 2.54. The van der Waals surface area contributed by atoms with E-state index in [1.165, 1.54) is 41.9 Å². The van der Waals surface area contributed by atoms with Crippen LogP contribution in [-0.2, 0) is 4.75 Å². The molecule has 0 N–H and O–H groups in total. The smallest absolute Gasteiger partial charge is 0.0775 e. The van der Waals surface area contributed by atoms with Crippen LogP contribution in [0.1, 0.15) is 37.3 Å². The summed E-state index contributed by atoms with van der Waals surface area (Å²) in [6, 6.07) is 22.3. The molecule has 2 aromatic rings. The van der Waals surface area contributed by atoms with Gasteiger partial charge in [0.25, 0.3) is 0 Å². The highest BCUT2D eigenvalue weighted by molar-refractivity contribution is 8.04. The maximum Gasteiger partial charge on any atom is 0.0775 e. The summed E-state index contributed by atoms with van der Waals surface area (Å²) in [5, 5.41) is 0.663. The SMILES string of the molecule is CCCSC1CCCSC1(c1ccccc1)c1ccccc1. The Labute approximate surface area is 143 Å². The first-order chi connectivity index (χ1) is 10.9. The van der Waals surface area contributed by atoms with E-state index in [1.54, 1.807) is 0 Å². The topological polar surface area (TPSA) is 0 Å². The summed E-state index contributed by atoms with van der Waals surface area (Å²) in [6.07, 6.45) is 3.92. The molecule has 1 aliphatic heterocycles. The summed E-state index contributed by atoms with van der Waals surface area (Å²) in [7, 11) is 0. The van der Waals surface area contributed by atoms with Crippen LogP contribution in [0, 0.1) is 0 Å². The third kappa shape index (κ3) is 3.09. The molecule has 1 aliphatic rings. The summed E-state index contributed by atoms with van der Waals surface area (Å²) in [5.74, 6) is 2.51. The van der Waals surface area contributed by atoms with Crippen molar-refractivity contribution < 1.29 is 0 Å². The van der Waals surface area contributed by atoms with E-state index in [0.29, 0.717) is 5.25 Å². The fraction of sp³-hybridized carbons (Fsp3) is 0.400. The van der Waals surface area contributed by atoms with Crippen LogP contribution < -0.4 is 0 Å². The van der Waals surface area contributed by atoms with Gasteiger partial charge in [0.2, 0.25) is 0 Å². The molecule has 0 bridgehead atoms. The average molecular weight is 329 g/mol. The summed E-state index contributed by atoms with van der Waals surface area (Å²) < 4.78 is 0.112. The van der Waals surface area contributed by atoms with Crippen LogP contribution in [0.25, 0.3) is 0 Å². The molecule has 0 amide bonds. The fourth-order valence-electron chi connectivity index (χ4n) is 3.34. The van der Waals surface area contributed by atoms with Crippen molar-refractivity contribution in [3.8, 4) is 0 Å². The van der Waals surface area contributed by atoms with E-state index in [-0.39, 0.29) is 4.75 Å². The van der Waals surface area contributed by atoms with Gasteiger partial charge in [0.1, 0.15) is 0 Å². The van der Waals surface area contributed by atoms with Crippen molar-refractivity contribution in [1.29, 1.82) is 0 Å². The lowest BCUT2D eigenvalue weighted by molar-refractivity contribution is 0.605. The predicted octanol–water partition coefficient (Wildman–Crippen LogP) is 5.97. The molecule has 1 atom stereocenters. The van der Waals surface area contributed by atoms with Gasteiger partial charge >= 0.3 is 0 Å². The first-order valence-corrected chi connectivity index (χ1v) is 10.3. The second kappa shape index (κ2) is 7.61. The molecule has 3 rings (SSSR count). The lowest BCUT2D eigenvalue weighted by atomic mass is 9.85. The van der Waals surface area contributed by atoms with E-state index in [4.69, 9.17) is 0 Å². The molecular formula is C20H24S2. The van der Waals surface area contributed by atoms with E-state index >= 15 is 0 Å². The Morgan fingerprint density at radius 2 is 1.59 bits per heavy atom. The average Bonchev–Trinajstić information content (AvgIpc) is 2.61. The molecule has 0 saturated carbocycles. The Morgan fingerprint density at radius 1 is 1.00 bits per heavy atom. The molecule has 0 spiro atoms. The third-order valence-corrected chi connectivity index (χ3v) is 7.81. The molecule has 0 nitrogen and oxygen atoms in total. The normalized spacial score (nSPS) is 20.7. The molecule has 1 heterocycles. The van der Waals surface area contributed by atoms with Crippen LogP contribution in [0.15, 0.2) is 60.7 Å². The molecule has 2 aromatic carbocycles. The molecule has 2 heteroatoms. The highest BCUT2D eigenvalue weighted by atomic mass is 32.2. The zero-order valence-corrected chi connectivity index (χ0v) is 14.8. The standard InChI is InChI=1S/C20H24S2/c1-2-15-21-19-14-9-16-22-20(19,17-10-5-3-6-11-17)18-12-7-4-8-13-18/h3-8,10-13,19H,2,9,14-16H2,1H3. The van der Waals surface area contributed by atoms with Crippen molar-refractivity contribution in [3.63, 3.8) is 0 Å². The molecule has 22 heavy (non-hydrogen) atoms. The Morgan fingerprint density at radius 3 is 2.14 bits per heavy atom. The number of rotatable bonds is 5. The van der Waals surface area contributed by atoms with Crippen molar-refractivity contribution in [1.82, 2.24) is 0 Å². The minimum atomic E-state index is 0.112. The Kier molecular flexibility index (Phi) is 5.54. The van der Waals surface area contributed by atoms with Gasteiger partial charge in [0.15, 0.2) is 0 Å². The predicted molar refractivity (Wildman–Crippen MR) is 102 cm³/mol. The van der Waals surface area contributed by atoms with E-state index in [1.807, 2.05) is 0 Å². The first-order valence-electron chi connectivity index (χ1n) is 8.24. The van der Waals surface area contributed by atoms with Gasteiger partial charge in [-0.15, -0.1) is 11.8 Å². The largest absolute Gasteiger partial charge is 0.156 e. The van der Waals surface area contributed by atoms with Crippen molar-refractivity contribution in [2.75, 3.05) is 11.5 Å². The van der Waals surface area contributed by atoms with E-state index in [9.17, 15) is 0 Å². The van der Waals surface area contributed by atoms with Crippen LogP contribution in [0.5, 0.6) is 0 Å². The monoisotopic (exact) mass is 328 g/mol. The Hall–Kier alpha value is -0.860. The number of hydrogen-bond acceptors (Lipinski definition) is 2. The van der Waals surface area contributed by atoms with Gasteiger partial charge in [-0.05, 0) is 41.9 Å². The molecular weight excluding hydrogens is 304 g/mol. The van der Waals surface area contributed by atoms with Crippen LogP contribution in [-0.4, -0.2) is 16.8 Å². The number of benzene rings is 2. The lowest BCUT2D eigenvalue weighted by Crippen LogP contribution is -2.39.